The molecule has 1 aliphatic rings. The van der Waals surface area contributed by atoms with Gasteiger partial charge >= 0.3 is 0 Å². The van der Waals surface area contributed by atoms with Gasteiger partial charge < -0.3 is 20.5 Å². The van der Waals surface area contributed by atoms with Crippen LogP contribution in [0.25, 0.3) is 0 Å². The van der Waals surface area contributed by atoms with E-state index in [1.807, 2.05) is 18.2 Å². The minimum atomic E-state index is -0.173. The quantitative estimate of drug-likeness (QED) is 0.680. The molecule has 1 aromatic carbocycles. The number of ether oxygens (including phenoxy) is 2. The van der Waals surface area contributed by atoms with E-state index in [1.165, 1.54) is 12.8 Å². The molecule has 5 nitrogen and oxygen atoms in total. The molecule has 0 aromatic heterocycles. The highest BCUT2D eigenvalue weighted by Gasteiger charge is 2.28. The molecule has 0 radical (unpaired) electrons. The van der Waals surface area contributed by atoms with Crippen molar-refractivity contribution < 1.29 is 14.3 Å². The molecular formula is C17H24N2O3. The average molecular weight is 304 g/mol. The van der Waals surface area contributed by atoms with Gasteiger partial charge in [-0.25, -0.2) is 0 Å². The summed E-state index contributed by atoms with van der Waals surface area (Å²) in [5, 5.41) is 2.80. The van der Waals surface area contributed by atoms with Crippen molar-refractivity contribution in [1.82, 2.24) is 5.32 Å². The highest BCUT2D eigenvalue weighted by atomic mass is 16.5. The van der Waals surface area contributed by atoms with Gasteiger partial charge in [0.1, 0.15) is 0 Å². The minimum Gasteiger partial charge on any atom is -0.493 e. The molecule has 1 aromatic rings. The Kier molecular flexibility index (Phi) is 5.83. The normalized spacial score (nSPS) is 15.0. The largest absolute Gasteiger partial charge is 0.493 e. The van der Waals surface area contributed by atoms with Crippen LogP contribution >= 0.6 is 0 Å². The third-order valence-corrected chi connectivity index (χ3v) is 3.73. The zero-order valence-electron chi connectivity index (χ0n) is 13.0. The standard InChI is InChI=1S/C17H24N2O3/c1-3-4-12-5-8-15(16(9-12)21-2)22-11-17(20)19-10-14(18)13-6-7-13/h3,5,8-9,13-14H,1,4,6-7,10-11,18H2,2H3,(H,19,20). The van der Waals surface area contributed by atoms with Gasteiger partial charge in [0.25, 0.3) is 5.91 Å². The Labute approximate surface area is 131 Å². The van der Waals surface area contributed by atoms with E-state index in [-0.39, 0.29) is 18.6 Å². The predicted molar refractivity (Wildman–Crippen MR) is 86.1 cm³/mol. The second-order valence-electron chi connectivity index (χ2n) is 5.57. The molecule has 0 aliphatic heterocycles. The summed E-state index contributed by atoms with van der Waals surface area (Å²) in [5.74, 6) is 1.56. The number of carbonyl (C=O) groups excluding carboxylic acids is 1. The maximum Gasteiger partial charge on any atom is 0.257 e. The zero-order chi connectivity index (χ0) is 15.9. The van der Waals surface area contributed by atoms with Gasteiger partial charge in [-0.05, 0) is 42.9 Å². The molecule has 0 heterocycles. The van der Waals surface area contributed by atoms with E-state index < -0.39 is 0 Å². The molecular weight excluding hydrogens is 280 g/mol. The Morgan fingerprint density at radius 1 is 1.50 bits per heavy atom. The van der Waals surface area contributed by atoms with Gasteiger partial charge in [-0.1, -0.05) is 12.1 Å². The summed E-state index contributed by atoms with van der Waals surface area (Å²) in [4.78, 5) is 11.8. The van der Waals surface area contributed by atoms with Crippen molar-refractivity contribution in [2.24, 2.45) is 11.7 Å². The van der Waals surface area contributed by atoms with E-state index in [1.54, 1.807) is 13.2 Å². The molecule has 0 saturated heterocycles. The van der Waals surface area contributed by atoms with Crippen LogP contribution in [0.15, 0.2) is 30.9 Å². The summed E-state index contributed by atoms with van der Waals surface area (Å²) in [7, 11) is 1.58. The molecule has 1 fully saturated rings. The molecule has 1 aliphatic carbocycles. The summed E-state index contributed by atoms with van der Waals surface area (Å²) in [6.45, 7) is 4.16. The Balaban J connectivity index is 1.81. The fourth-order valence-electron chi connectivity index (χ4n) is 2.24. The monoisotopic (exact) mass is 304 g/mol. The number of carbonyl (C=O) groups is 1. The number of allylic oxidation sites excluding steroid dienone is 1. The van der Waals surface area contributed by atoms with Crippen molar-refractivity contribution in [3.05, 3.63) is 36.4 Å². The zero-order valence-corrected chi connectivity index (χ0v) is 13.0. The van der Waals surface area contributed by atoms with Crippen LogP contribution < -0.4 is 20.5 Å². The lowest BCUT2D eigenvalue weighted by atomic mass is 10.1. The first-order valence-corrected chi connectivity index (χ1v) is 7.57. The Bertz CT molecular complexity index is 527. The second-order valence-corrected chi connectivity index (χ2v) is 5.57. The van der Waals surface area contributed by atoms with Crippen molar-refractivity contribution in [1.29, 1.82) is 0 Å². The van der Waals surface area contributed by atoms with Crippen LogP contribution in [0, 0.1) is 5.92 Å². The van der Waals surface area contributed by atoms with E-state index in [2.05, 4.69) is 11.9 Å². The fraction of sp³-hybridized carbons (Fsp3) is 0.471. The smallest absolute Gasteiger partial charge is 0.257 e. The van der Waals surface area contributed by atoms with Gasteiger partial charge in [0, 0.05) is 12.6 Å². The van der Waals surface area contributed by atoms with Gasteiger partial charge in [0.2, 0.25) is 0 Å². The van der Waals surface area contributed by atoms with Gasteiger partial charge in [-0.3, -0.25) is 4.79 Å². The van der Waals surface area contributed by atoms with Crippen LogP contribution in [0.2, 0.25) is 0 Å². The summed E-state index contributed by atoms with van der Waals surface area (Å²) in [6.07, 6.45) is 4.92. The van der Waals surface area contributed by atoms with Crippen LogP contribution in [0.4, 0.5) is 0 Å². The molecule has 5 heteroatoms. The topological polar surface area (TPSA) is 73.6 Å². The van der Waals surface area contributed by atoms with E-state index in [0.717, 1.165) is 12.0 Å². The number of rotatable bonds is 9. The molecule has 0 spiro atoms. The van der Waals surface area contributed by atoms with Crippen molar-refractivity contribution in [2.45, 2.75) is 25.3 Å². The number of hydrogen-bond acceptors (Lipinski definition) is 4. The molecule has 1 unspecified atom stereocenters. The number of hydrogen-bond donors (Lipinski definition) is 2. The molecule has 2 rings (SSSR count). The lowest BCUT2D eigenvalue weighted by molar-refractivity contribution is -0.123. The van der Waals surface area contributed by atoms with Gasteiger partial charge in [0.15, 0.2) is 18.1 Å². The van der Waals surface area contributed by atoms with Crippen molar-refractivity contribution in [3.8, 4) is 11.5 Å². The molecule has 1 amide bonds. The number of nitrogens with one attached hydrogen (secondary N) is 1. The van der Waals surface area contributed by atoms with Gasteiger partial charge in [0.05, 0.1) is 7.11 Å². The summed E-state index contributed by atoms with van der Waals surface area (Å²) in [5.41, 5.74) is 7.02. The number of methoxy groups -OCH3 is 1. The van der Waals surface area contributed by atoms with E-state index >= 15 is 0 Å². The van der Waals surface area contributed by atoms with Crippen molar-refractivity contribution >= 4 is 5.91 Å². The minimum absolute atomic E-state index is 0.0471. The number of nitrogens with two attached hydrogens (primary N) is 1. The Hall–Kier alpha value is -2.01. The summed E-state index contributed by atoms with van der Waals surface area (Å²) in [6, 6.07) is 5.68. The van der Waals surface area contributed by atoms with Crippen molar-refractivity contribution in [3.63, 3.8) is 0 Å². The maximum atomic E-state index is 11.8. The molecule has 3 N–H and O–H groups in total. The van der Waals surface area contributed by atoms with Crippen molar-refractivity contribution in [2.75, 3.05) is 20.3 Å². The van der Waals surface area contributed by atoms with Crippen LogP contribution in [-0.4, -0.2) is 32.2 Å². The molecule has 120 valence electrons. The maximum absolute atomic E-state index is 11.8. The van der Waals surface area contributed by atoms with E-state index in [0.29, 0.717) is 24.0 Å². The third kappa shape index (κ3) is 4.77. The Morgan fingerprint density at radius 2 is 2.27 bits per heavy atom. The van der Waals surface area contributed by atoms with E-state index in [9.17, 15) is 4.79 Å². The highest BCUT2D eigenvalue weighted by molar-refractivity contribution is 5.77. The molecule has 22 heavy (non-hydrogen) atoms. The summed E-state index contributed by atoms with van der Waals surface area (Å²) < 4.78 is 10.8. The Morgan fingerprint density at radius 3 is 2.91 bits per heavy atom. The van der Waals surface area contributed by atoms with E-state index in [4.69, 9.17) is 15.2 Å². The first-order valence-electron chi connectivity index (χ1n) is 7.57. The van der Waals surface area contributed by atoms with Crippen LogP contribution in [0.5, 0.6) is 11.5 Å². The first kappa shape index (κ1) is 16.4. The van der Waals surface area contributed by atoms with Crippen LogP contribution in [-0.2, 0) is 11.2 Å². The predicted octanol–water partition coefficient (Wildman–Crippen LogP) is 1.66. The van der Waals surface area contributed by atoms with Gasteiger partial charge in [-0.2, -0.15) is 0 Å². The lowest BCUT2D eigenvalue weighted by Crippen LogP contribution is -2.40. The second kappa shape index (κ2) is 7.84. The first-order chi connectivity index (χ1) is 10.6. The molecule has 1 atom stereocenters. The highest BCUT2D eigenvalue weighted by Crippen LogP contribution is 2.31. The fourth-order valence-corrected chi connectivity index (χ4v) is 2.24. The van der Waals surface area contributed by atoms with Crippen LogP contribution in [0.3, 0.4) is 0 Å². The van der Waals surface area contributed by atoms with Gasteiger partial charge in [-0.15, -0.1) is 6.58 Å². The third-order valence-electron chi connectivity index (χ3n) is 3.73. The lowest BCUT2D eigenvalue weighted by Gasteiger charge is -2.14. The average Bonchev–Trinajstić information content (AvgIpc) is 3.36. The summed E-state index contributed by atoms with van der Waals surface area (Å²) >= 11 is 0. The number of benzene rings is 1. The molecule has 0 bridgehead atoms. The number of amides is 1. The molecule has 1 saturated carbocycles. The SMILES string of the molecule is C=CCc1ccc(OCC(=O)NCC(N)C2CC2)c(OC)c1. The van der Waals surface area contributed by atoms with Crippen LogP contribution in [0.1, 0.15) is 18.4 Å².